The molecule has 3 aromatic rings. The van der Waals surface area contributed by atoms with Crippen LogP contribution in [0.2, 0.25) is 0 Å². The Labute approximate surface area is 200 Å². The number of fused-ring (bicyclic) bond motifs is 1. The van der Waals surface area contributed by atoms with Gasteiger partial charge in [0.1, 0.15) is 5.52 Å². The van der Waals surface area contributed by atoms with Crippen LogP contribution in [-0.4, -0.2) is 54.0 Å². The van der Waals surface area contributed by atoms with Gasteiger partial charge in [-0.05, 0) is 60.4 Å². The average Bonchev–Trinajstić information content (AvgIpc) is 2.83. The van der Waals surface area contributed by atoms with E-state index in [2.05, 4.69) is 23.8 Å². The number of benzene rings is 2. The quantitative estimate of drug-likeness (QED) is 0.550. The molecule has 1 saturated heterocycles. The number of rotatable bonds is 7. The summed E-state index contributed by atoms with van der Waals surface area (Å²) in [7, 11) is -3.64. The number of piperidine rings is 1. The fourth-order valence-electron chi connectivity index (χ4n) is 4.92. The second kappa shape index (κ2) is 9.80. The van der Waals surface area contributed by atoms with E-state index in [1.165, 1.54) is 12.4 Å². The Balaban J connectivity index is 1.45. The van der Waals surface area contributed by atoms with Gasteiger partial charge in [-0.1, -0.05) is 32.0 Å². The minimum atomic E-state index is -3.64. The molecule has 0 spiro atoms. The Bertz CT molecular complexity index is 1260. The van der Waals surface area contributed by atoms with Crippen molar-refractivity contribution in [1.29, 1.82) is 0 Å². The second-order valence-electron chi connectivity index (χ2n) is 9.68. The number of sulfone groups is 1. The maximum Gasteiger partial charge on any atom is 0.253 e. The molecule has 0 radical (unpaired) electrons. The molecule has 0 saturated carbocycles. The van der Waals surface area contributed by atoms with Gasteiger partial charge in [-0.3, -0.25) is 14.8 Å². The zero-order valence-electron chi connectivity index (χ0n) is 19.6. The van der Waals surface area contributed by atoms with Gasteiger partial charge in [-0.2, -0.15) is 0 Å². The van der Waals surface area contributed by atoms with Crippen LogP contribution in [0.4, 0.5) is 0 Å². The summed E-state index contributed by atoms with van der Waals surface area (Å²) in [6.07, 6.45) is 5.55. The number of aliphatic hydroxyl groups excluding tert-OH is 1. The van der Waals surface area contributed by atoms with Crippen molar-refractivity contribution >= 4 is 26.8 Å². The topological polar surface area (TPSA) is 100 Å². The van der Waals surface area contributed by atoms with Crippen molar-refractivity contribution in [2.75, 3.05) is 19.7 Å². The molecule has 34 heavy (non-hydrogen) atoms. The lowest BCUT2D eigenvalue weighted by Gasteiger charge is -2.41. The molecule has 1 N–H and O–H groups in total. The molecule has 0 unspecified atom stereocenters. The van der Waals surface area contributed by atoms with Crippen LogP contribution in [0.25, 0.3) is 11.0 Å². The van der Waals surface area contributed by atoms with E-state index in [1.54, 1.807) is 42.5 Å². The summed E-state index contributed by atoms with van der Waals surface area (Å²) in [5.74, 6) is 0.253. The predicted octanol–water partition coefficient (Wildman–Crippen LogP) is 3.86. The fourth-order valence-corrected chi connectivity index (χ4v) is 6.44. The maximum absolute atomic E-state index is 13.1. The molecule has 0 atom stereocenters. The number of hydrogen-bond donors (Lipinski definition) is 1. The summed E-state index contributed by atoms with van der Waals surface area (Å²) in [6, 6.07) is 11.7. The van der Waals surface area contributed by atoms with Crippen LogP contribution in [0.15, 0.2) is 59.8 Å². The van der Waals surface area contributed by atoms with Gasteiger partial charge < -0.3 is 10.0 Å². The summed E-state index contributed by atoms with van der Waals surface area (Å²) in [5, 5.41) is 9.94. The van der Waals surface area contributed by atoms with Gasteiger partial charge >= 0.3 is 0 Å². The Morgan fingerprint density at radius 1 is 1.06 bits per heavy atom. The first-order valence-corrected chi connectivity index (χ1v) is 13.3. The number of likely N-dealkylation sites (tertiary alicyclic amines) is 1. The van der Waals surface area contributed by atoms with E-state index < -0.39 is 9.84 Å². The molecule has 1 fully saturated rings. The molecule has 1 aliphatic rings. The summed E-state index contributed by atoms with van der Waals surface area (Å²) in [4.78, 5) is 23.4. The lowest BCUT2D eigenvalue weighted by atomic mass is 9.73. The van der Waals surface area contributed by atoms with E-state index in [-0.39, 0.29) is 28.6 Å². The van der Waals surface area contributed by atoms with E-state index in [9.17, 15) is 18.3 Å². The molecule has 0 aliphatic carbocycles. The van der Waals surface area contributed by atoms with Crippen molar-refractivity contribution in [3.63, 3.8) is 0 Å². The van der Waals surface area contributed by atoms with Crippen LogP contribution < -0.4 is 0 Å². The molecule has 7 nitrogen and oxygen atoms in total. The first-order valence-electron chi connectivity index (χ1n) is 11.6. The highest BCUT2D eigenvalue weighted by atomic mass is 32.2. The van der Waals surface area contributed by atoms with Crippen LogP contribution in [0.5, 0.6) is 0 Å². The Morgan fingerprint density at radius 2 is 1.74 bits per heavy atom. The Kier molecular flexibility index (Phi) is 7.00. The smallest absolute Gasteiger partial charge is 0.253 e. The Morgan fingerprint density at radius 3 is 2.38 bits per heavy atom. The molecule has 4 rings (SSSR count). The second-order valence-corrected chi connectivity index (χ2v) is 11.6. The summed E-state index contributed by atoms with van der Waals surface area (Å²) < 4.78 is 26.2. The zero-order chi connectivity index (χ0) is 24.3. The summed E-state index contributed by atoms with van der Waals surface area (Å²) in [6.45, 7) is 5.70. The minimum absolute atomic E-state index is 0.0604. The van der Waals surface area contributed by atoms with Gasteiger partial charge in [-0.25, -0.2) is 8.42 Å². The van der Waals surface area contributed by atoms with Crippen LogP contribution in [-0.2, 0) is 15.6 Å². The van der Waals surface area contributed by atoms with Gasteiger partial charge in [0.15, 0.2) is 9.84 Å². The van der Waals surface area contributed by atoms with Crippen molar-refractivity contribution in [3.05, 3.63) is 66.0 Å². The molecule has 8 heteroatoms. The van der Waals surface area contributed by atoms with Crippen molar-refractivity contribution in [3.8, 4) is 0 Å². The van der Waals surface area contributed by atoms with E-state index in [0.29, 0.717) is 41.2 Å². The van der Waals surface area contributed by atoms with E-state index in [4.69, 9.17) is 0 Å². The van der Waals surface area contributed by atoms with Crippen molar-refractivity contribution in [2.24, 2.45) is 11.3 Å². The normalized spacial score (nSPS) is 16.2. The molecule has 1 aliphatic heterocycles. The van der Waals surface area contributed by atoms with Gasteiger partial charge in [-0.15, -0.1) is 0 Å². The lowest BCUT2D eigenvalue weighted by Crippen LogP contribution is -2.45. The number of para-hydroxylation sites is 1. The fraction of sp³-hybridized carbons (Fsp3) is 0.423. The monoisotopic (exact) mass is 481 g/mol. The third-order valence-electron chi connectivity index (χ3n) is 6.64. The molecule has 2 heterocycles. The van der Waals surface area contributed by atoms with E-state index in [1.807, 2.05) is 4.90 Å². The summed E-state index contributed by atoms with van der Waals surface area (Å²) in [5.41, 5.74) is 1.93. The molecule has 2 aromatic carbocycles. The van der Waals surface area contributed by atoms with Crippen molar-refractivity contribution in [2.45, 2.75) is 43.8 Å². The van der Waals surface area contributed by atoms with E-state index >= 15 is 0 Å². The molecule has 180 valence electrons. The first kappa shape index (κ1) is 24.3. The Hall–Kier alpha value is -2.84. The largest absolute Gasteiger partial charge is 0.396 e. The molecule has 1 amide bonds. The molecule has 0 bridgehead atoms. The molecule has 1 aromatic heterocycles. The highest BCUT2D eigenvalue weighted by Gasteiger charge is 2.36. The van der Waals surface area contributed by atoms with Crippen LogP contribution in [0.1, 0.15) is 49.0 Å². The SMILES string of the molecule is CC(C)CC1(CO)CCN(C(=O)c2ccc(CS(=O)(=O)c3cccc4nccnc34)cc2)CC1. The van der Waals surface area contributed by atoms with Gasteiger partial charge in [0.25, 0.3) is 5.91 Å². The van der Waals surface area contributed by atoms with Crippen molar-refractivity contribution in [1.82, 2.24) is 14.9 Å². The minimum Gasteiger partial charge on any atom is -0.396 e. The third kappa shape index (κ3) is 5.13. The third-order valence-corrected chi connectivity index (χ3v) is 8.36. The standard InChI is InChI=1S/C26H31N3O4S/c1-19(2)16-26(18-30)10-14-29(15-11-26)25(31)21-8-6-20(7-9-21)17-34(32,33)23-5-3-4-22-24(23)28-13-12-27-22/h3-9,12-13,19,30H,10-11,14-18H2,1-2H3. The van der Waals surface area contributed by atoms with Gasteiger partial charge in [0, 0.05) is 37.7 Å². The van der Waals surface area contributed by atoms with Crippen LogP contribution >= 0.6 is 0 Å². The number of nitrogens with zero attached hydrogens (tertiary/aromatic N) is 3. The number of carbonyl (C=O) groups is 1. The molecular formula is C26H31N3O4S. The number of aromatic nitrogens is 2. The highest BCUT2D eigenvalue weighted by Crippen LogP contribution is 2.37. The van der Waals surface area contributed by atoms with Crippen LogP contribution in [0, 0.1) is 11.3 Å². The van der Waals surface area contributed by atoms with Crippen molar-refractivity contribution < 1.29 is 18.3 Å². The van der Waals surface area contributed by atoms with Crippen LogP contribution in [0.3, 0.4) is 0 Å². The number of carbonyl (C=O) groups excluding carboxylic acids is 1. The van der Waals surface area contributed by atoms with E-state index in [0.717, 1.165) is 19.3 Å². The maximum atomic E-state index is 13.1. The number of aliphatic hydroxyl groups is 1. The summed E-state index contributed by atoms with van der Waals surface area (Å²) >= 11 is 0. The average molecular weight is 482 g/mol. The first-order chi connectivity index (χ1) is 16.2. The zero-order valence-corrected chi connectivity index (χ0v) is 20.5. The number of hydrogen-bond acceptors (Lipinski definition) is 6. The molecular weight excluding hydrogens is 450 g/mol. The highest BCUT2D eigenvalue weighted by molar-refractivity contribution is 7.90. The number of amides is 1. The predicted molar refractivity (Wildman–Crippen MR) is 131 cm³/mol. The van der Waals surface area contributed by atoms with Gasteiger partial charge in [0.05, 0.1) is 16.2 Å². The lowest BCUT2D eigenvalue weighted by molar-refractivity contribution is 0.0247. The van der Waals surface area contributed by atoms with Gasteiger partial charge in [0.2, 0.25) is 0 Å².